The van der Waals surface area contributed by atoms with Gasteiger partial charge in [0.15, 0.2) is 0 Å². The molecular weight excluding hydrogens is 278 g/mol. The van der Waals surface area contributed by atoms with Crippen molar-refractivity contribution < 1.29 is 8.42 Å². The molecule has 1 rings (SSSR count). The summed E-state index contributed by atoms with van der Waals surface area (Å²) in [5, 5.41) is 3.39. The zero-order chi connectivity index (χ0) is 14.3. The Kier molecular flexibility index (Phi) is 6.89. The molecule has 0 aromatic heterocycles. The van der Waals surface area contributed by atoms with E-state index < -0.39 is 9.84 Å². The molecule has 1 unspecified atom stereocenters. The monoisotopic (exact) mass is 301 g/mol. The number of sulfone groups is 1. The largest absolute Gasteiger partial charge is 0.310 e. The molecule has 0 radical (unpaired) electrons. The van der Waals surface area contributed by atoms with Gasteiger partial charge in [0.05, 0.1) is 5.75 Å². The Morgan fingerprint density at radius 3 is 2.74 bits per heavy atom. The van der Waals surface area contributed by atoms with Gasteiger partial charge >= 0.3 is 0 Å². The lowest BCUT2D eigenvalue weighted by atomic mass is 10.1. The van der Waals surface area contributed by atoms with Gasteiger partial charge in [0.25, 0.3) is 0 Å². The molecule has 0 aliphatic carbocycles. The third-order valence-corrected chi connectivity index (χ3v) is 4.91. The summed E-state index contributed by atoms with van der Waals surface area (Å²) in [7, 11) is -2.83. The van der Waals surface area contributed by atoms with Crippen LogP contribution in [-0.4, -0.2) is 32.7 Å². The van der Waals surface area contributed by atoms with E-state index in [2.05, 4.69) is 43.4 Å². The van der Waals surface area contributed by atoms with Crippen LogP contribution in [0.4, 0.5) is 0 Å². The lowest BCUT2D eigenvalue weighted by molar-refractivity contribution is 0.597. The Balaban J connectivity index is 2.48. The van der Waals surface area contributed by atoms with E-state index in [0.717, 1.165) is 12.3 Å². The predicted octanol–water partition coefficient (Wildman–Crippen LogP) is 2.88. The minimum absolute atomic E-state index is 0.271. The molecule has 0 aliphatic heterocycles. The first kappa shape index (κ1) is 16.5. The summed E-state index contributed by atoms with van der Waals surface area (Å²) >= 11 is 1.72. The van der Waals surface area contributed by atoms with E-state index in [1.54, 1.807) is 11.8 Å². The van der Waals surface area contributed by atoms with Gasteiger partial charge in [-0.3, -0.25) is 0 Å². The molecule has 0 saturated heterocycles. The molecule has 0 heterocycles. The Bertz CT molecular complexity index is 486. The average Bonchev–Trinajstić information content (AvgIpc) is 2.34. The summed E-state index contributed by atoms with van der Waals surface area (Å²) in [6, 6.07) is 8.78. The standard InChI is InChI=1S/C14H23NO2S2/c1-4-15-12(2)13-7-5-8-14(11-13)18-9-6-10-19(3,16)17/h5,7-8,11-12,15H,4,6,9-10H2,1-3H3. The molecule has 0 aliphatic rings. The summed E-state index contributed by atoms with van der Waals surface area (Å²) in [6.07, 6.45) is 1.99. The fourth-order valence-electron chi connectivity index (χ4n) is 1.81. The van der Waals surface area contributed by atoms with Gasteiger partial charge in [-0.25, -0.2) is 8.42 Å². The molecule has 0 fully saturated rings. The second-order valence-corrected chi connectivity index (χ2v) is 8.11. The number of benzene rings is 1. The van der Waals surface area contributed by atoms with Crippen LogP contribution in [0.2, 0.25) is 0 Å². The van der Waals surface area contributed by atoms with Gasteiger partial charge in [0.1, 0.15) is 9.84 Å². The summed E-state index contributed by atoms with van der Waals surface area (Å²) in [6.45, 7) is 5.20. The van der Waals surface area contributed by atoms with Crippen molar-refractivity contribution in [3.05, 3.63) is 29.8 Å². The van der Waals surface area contributed by atoms with Crippen LogP contribution in [0.3, 0.4) is 0 Å². The van der Waals surface area contributed by atoms with Crippen LogP contribution in [0.15, 0.2) is 29.2 Å². The Morgan fingerprint density at radius 2 is 2.11 bits per heavy atom. The van der Waals surface area contributed by atoms with Crippen LogP contribution in [0.25, 0.3) is 0 Å². The Labute approximate surface area is 121 Å². The van der Waals surface area contributed by atoms with Crippen LogP contribution in [0.1, 0.15) is 31.9 Å². The minimum Gasteiger partial charge on any atom is -0.310 e. The second-order valence-electron chi connectivity index (χ2n) is 4.68. The van der Waals surface area contributed by atoms with Crippen LogP contribution >= 0.6 is 11.8 Å². The molecule has 1 aromatic rings. The third kappa shape index (κ3) is 6.99. The fraction of sp³-hybridized carbons (Fsp3) is 0.571. The lowest BCUT2D eigenvalue weighted by Gasteiger charge is -2.13. The molecule has 5 heteroatoms. The van der Waals surface area contributed by atoms with Crippen LogP contribution in [0, 0.1) is 0 Å². The van der Waals surface area contributed by atoms with Crippen molar-refractivity contribution in [2.45, 2.75) is 31.2 Å². The van der Waals surface area contributed by atoms with Crippen molar-refractivity contribution in [3.63, 3.8) is 0 Å². The van der Waals surface area contributed by atoms with E-state index in [4.69, 9.17) is 0 Å². The van der Waals surface area contributed by atoms with Crippen molar-refractivity contribution >= 4 is 21.6 Å². The van der Waals surface area contributed by atoms with Crippen molar-refractivity contribution in [2.24, 2.45) is 0 Å². The van der Waals surface area contributed by atoms with E-state index in [1.165, 1.54) is 16.7 Å². The molecular formula is C14H23NO2S2. The molecule has 0 bridgehead atoms. The van der Waals surface area contributed by atoms with E-state index in [-0.39, 0.29) is 5.75 Å². The van der Waals surface area contributed by atoms with Crippen molar-refractivity contribution in [1.29, 1.82) is 0 Å². The second kappa shape index (κ2) is 7.92. The molecule has 1 atom stereocenters. The zero-order valence-electron chi connectivity index (χ0n) is 11.8. The number of nitrogens with one attached hydrogen (secondary N) is 1. The van der Waals surface area contributed by atoms with E-state index in [9.17, 15) is 8.42 Å². The Morgan fingerprint density at radius 1 is 1.37 bits per heavy atom. The van der Waals surface area contributed by atoms with Crippen LogP contribution < -0.4 is 5.32 Å². The first-order valence-corrected chi connectivity index (χ1v) is 9.61. The first-order valence-electron chi connectivity index (χ1n) is 6.56. The van der Waals surface area contributed by atoms with E-state index in [1.807, 2.05) is 0 Å². The highest BCUT2D eigenvalue weighted by atomic mass is 32.2. The fourth-order valence-corrected chi connectivity index (χ4v) is 3.58. The maximum absolute atomic E-state index is 11.0. The van der Waals surface area contributed by atoms with Crippen molar-refractivity contribution in [1.82, 2.24) is 5.32 Å². The van der Waals surface area contributed by atoms with E-state index in [0.29, 0.717) is 12.5 Å². The molecule has 3 nitrogen and oxygen atoms in total. The summed E-state index contributed by atoms with van der Waals surface area (Å²) in [5.74, 6) is 1.11. The first-order chi connectivity index (χ1) is 8.92. The molecule has 1 N–H and O–H groups in total. The average molecular weight is 301 g/mol. The highest BCUT2D eigenvalue weighted by Gasteiger charge is 2.05. The zero-order valence-corrected chi connectivity index (χ0v) is 13.5. The number of thioether (sulfide) groups is 1. The number of hydrogen-bond acceptors (Lipinski definition) is 4. The smallest absolute Gasteiger partial charge is 0.147 e. The maximum Gasteiger partial charge on any atom is 0.147 e. The Hall–Kier alpha value is -0.520. The summed E-state index contributed by atoms with van der Waals surface area (Å²) in [5.41, 5.74) is 1.27. The summed E-state index contributed by atoms with van der Waals surface area (Å²) < 4.78 is 22.1. The van der Waals surface area contributed by atoms with Crippen LogP contribution in [-0.2, 0) is 9.84 Å². The van der Waals surface area contributed by atoms with Gasteiger partial charge in [-0.05, 0) is 43.3 Å². The normalized spacial score (nSPS) is 13.4. The van der Waals surface area contributed by atoms with Crippen molar-refractivity contribution in [2.75, 3.05) is 24.3 Å². The molecule has 1 aromatic carbocycles. The maximum atomic E-state index is 11.0. The van der Waals surface area contributed by atoms with Gasteiger partial charge in [0.2, 0.25) is 0 Å². The van der Waals surface area contributed by atoms with Crippen molar-refractivity contribution in [3.8, 4) is 0 Å². The quantitative estimate of drug-likeness (QED) is 0.592. The highest BCUT2D eigenvalue weighted by molar-refractivity contribution is 7.99. The third-order valence-electron chi connectivity index (χ3n) is 2.80. The van der Waals surface area contributed by atoms with Crippen LogP contribution in [0.5, 0.6) is 0 Å². The molecule has 0 spiro atoms. The number of hydrogen-bond donors (Lipinski definition) is 1. The van der Waals surface area contributed by atoms with Gasteiger partial charge < -0.3 is 5.32 Å². The topological polar surface area (TPSA) is 46.2 Å². The molecule has 108 valence electrons. The van der Waals surface area contributed by atoms with Gasteiger partial charge in [0, 0.05) is 17.2 Å². The minimum atomic E-state index is -2.83. The highest BCUT2D eigenvalue weighted by Crippen LogP contribution is 2.23. The van der Waals surface area contributed by atoms with Gasteiger partial charge in [-0.15, -0.1) is 11.8 Å². The van der Waals surface area contributed by atoms with Gasteiger partial charge in [-0.1, -0.05) is 19.1 Å². The lowest BCUT2D eigenvalue weighted by Crippen LogP contribution is -2.17. The molecule has 0 saturated carbocycles. The number of rotatable bonds is 8. The predicted molar refractivity (Wildman–Crippen MR) is 83.6 cm³/mol. The molecule has 0 amide bonds. The van der Waals surface area contributed by atoms with E-state index >= 15 is 0 Å². The van der Waals surface area contributed by atoms with Gasteiger partial charge in [-0.2, -0.15) is 0 Å². The SMILES string of the molecule is CCNC(C)c1cccc(SCCCS(C)(=O)=O)c1. The molecule has 19 heavy (non-hydrogen) atoms. The summed E-state index contributed by atoms with van der Waals surface area (Å²) in [4.78, 5) is 1.20.